The van der Waals surface area contributed by atoms with Gasteiger partial charge in [-0.3, -0.25) is 4.79 Å². The molecule has 2 N–H and O–H groups in total. The van der Waals surface area contributed by atoms with Crippen LogP contribution in [0, 0.1) is 5.92 Å². The van der Waals surface area contributed by atoms with Crippen LogP contribution in [-0.2, 0) is 4.74 Å². The molecular weight excluding hydrogens is 370 g/mol. The molecule has 3 atom stereocenters. The molecule has 1 aromatic rings. The second-order valence-corrected chi connectivity index (χ2v) is 7.28. The number of rotatable bonds is 4. The van der Waals surface area contributed by atoms with Crippen molar-refractivity contribution in [3.63, 3.8) is 0 Å². The maximum atomic E-state index is 13.6. The highest BCUT2D eigenvalue weighted by Gasteiger charge is 2.43. The number of aromatic nitrogens is 2. The van der Waals surface area contributed by atoms with Crippen LogP contribution in [0.5, 0.6) is 0 Å². The standard InChI is InChI=1S/C16H21ClF2N4O3/c1-16(18,19)10-3-2-4-11(10)21-15(25)26-9-5-6-23(8-9)12-7-20-22-14(24)13(12)17/h7,9-11H,2-6,8H2,1H3,(H,21,25)(H,22,24)/t9-,10?,11-/m1/s1. The minimum Gasteiger partial charge on any atom is -0.444 e. The van der Waals surface area contributed by atoms with E-state index in [1.54, 1.807) is 4.90 Å². The van der Waals surface area contributed by atoms with Crippen LogP contribution in [0.2, 0.25) is 5.02 Å². The van der Waals surface area contributed by atoms with E-state index in [0.29, 0.717) is 44.5 Å². The molecule has 1 aliphatic carbocycles. The number of aromatic amines is 1. The Morgan fingerprint density at radius 1 is 1.46 bits per heavy atom. The first-order valence-electron chi connectivity index (χ1n) is 8.59. The molecule has 0 aromatic carbocycles. The molecule has 1 amide bonds. The van der Waals surface area contributed by atoms with Gasteiger partial charge >= 0.3 is 6.09 Å². The van der Waals surface area contributed by atoms with Crippen LogP contribution in [0.3, 0.4) is 0 Å². The average Bonchev–Trinajstić information content (AvgIpc) is 3.19. The van der Waals surface area contributed by atoms with E-state index in [1.165, 1.54) is 6.20 Å². The fourth-order valence-corrected chi connectivity index (χ4v) is 3.92. The summed E-state index contributed by atoms with van der Waals surface area (Å²) in [6.07, 6.45) is 2.46. The molecule has 2 heterocycles. The normalized spacial score (nSPS) is 26.2. The van der Waals surface area contributed by atoms with Gasteiger partial charge in [0.1, 0.15) is 11.1 Å². The number of hydrogen-bond donors (Lipinski definition) is 2. The molecule has 0 bridgehead atoms. The average molecular weight is 391 g/mol. The van der Waals surface area contributed by atoms with Gasteiger partial charge in [0.05, 0.1) is 18.4 Å². The summed E-state index contributed by atoms with van der Waals surface area (Å²) < 4.78 is 32.6. The molecule has 0 spiro atoms. The zero-order valence-electron chi connectivity index (χ0n) is 14.3. The molecule has 26 heavy (non-hydrogen) atoms. The van der Waals surface area contributed by atoms with Crippen LogP contribution < -0.4 is 15.8 Å². The van der Waals surface area contributed by atoms with Crippen LogP contribution in [0.15, 0.2) is 11.0 Å². The van der Waals surface area contributed by atoms with E-state index < -0.39 is 35.6 Å². The maximum Gasteiger partial charge on any atom is 0.407 e. The number of ether oxygens (including phenoxy) is 1. The summed E-state index contributed by atoms with van der Waals surface area (Å²) in [5.41, 5.74) is -0.0116. The van der Waals surface area contributed by atoms with Crippen molar-refractivity contribution in [1.82, 2.24) is 15.5 Å². The van der Waals surface area contributed by atoms with E-state index in [9.17, 15) is 18.4 Å². The molecule has 1 unspecified atom stereocenters. The number of anilines is 1. The quantitative estimate of drug-likeness (QED) is 0.825. The molecule has 2 fully saturated rings. The monoisotopic (exact) mass is 390 g/mol. The lowest BCUT2D eigenvalue weighted by molar-refractivity contribution is -0.0461. The summed E-state index contributed by atoms with van der Waals surface area (Å²) in [5, 5.41) is 8.58. The molecule has 7 nitrogen and oxygen atoms in total. The van der Waals surface area contributed by atoms with E-state index in [1.807, 2.05) is 0 Å². The van der Waals surface area contributed by atoms with Crippen molar-refractivity contribution in [2.45, 2.75) is 50.7 Å². The van der Waals surface area contributed by atoms with E-state index in [0.717, 1.165) is 6.92 Å². The van der Waals surface area contributed by atoms with Crippen molar-refractivity contribution in [3.05, 3.63) is 21.6 Å². The second-order valence-electron chi connectivity index (χ2n) is 6.90. The highest BCUT2D eigenvalue weighted by molar-refractivity contribution is 6.33. The van der Waals surface area contributed by atoms with Crippen molar-refractivity contribution in [3.8, 4) is 0 Å². The Kier molecular flexibility index (Phi) is 5.36. The molecule has 3 rings (SSSR count). The van der Waals surface area contributed by atoms with Crippen LogP contribution in [-0.4, -0.2) is 47.4 Å². The predicted molar refractivity (Wildman–Crippen MR) is 91.9 cm³/mol. The fraction of sp³-hybridized carbons (Fsp3) is 0.688. The number of nitrogens with zero attached hydrogens (tertiary/aromatic N) is 2. The first kappa shape index (κ1) is 18.9. The lowest BCUT2D eigenvalue weighted by Crippen LogP contribution is -2.44. The Hall–Kier alpha value is -1.90. The van der Waals surface area contributed by atoms with Crippen molar-refractivity contribution in [2.24, 2.45) is 5.92 Å². The molecule has 0 radical (unpaired) electrons. The molecular formula is C16H21ClF2N4O3. The van der Waals surface area contributed by atoms with E-state index in [-0.39, 0.29) is 5.02 Å². The third-order valence-corrected chi connectivity index (χ3v) is 5.37. The number of nitrogens with one attached hydrogen (secondary N) is 2. The zero-order valence-corrected chi connectivity index (χ0v) is 15.1. The summed E-state index contributed by atoms with van der Waals surface area (Å²) in [6, 6.07) is -0.577. The van der Waals surface area contributed by atoms with Gasteiger partial charge in [-0.15, -0.1) is 0 Å². The SMILES string of the molecule is CC(F)(F)C1CCC[C@H]1NC(=O)O[C@@H]1CCN(c2cn[nH]c(=O)c2Cl)C1. The first-order valence-corrected chi connectivity index (χ1v) is 8.96. The second kappa shape index (κ2) is 7.38. The molecule has 1 saturated carbocycles. The minimum atomic E-state index is -2.83. The smallest absolute Gasteiger partial charge is 0.407 e. The van der Waals surface area contributed by atoms with Crippen LogP contribution in [0.4, 0.5) is 19.3 Å². The molecule has 1 aliphatic heterocycles. The van der Waals surface area contributed by atoms with Gasteiger partial charge in [-0.1, -0.05) is 18.0 Å². The van der Waals surface area contributed by atoms with Gasteiger partial charge < -0.3 is 15.0 Å². The number of carbonyl (C=O) groups is 1. The summed E-state index contributed by atoms with van der Waals surface area (Å²) in [6.45, 7) is 1.79. The van der Waals surface area contributed by atoms with Crippen molar-refractivity contribution >= 4 is 23.4 Å². The lowest BCUT2D eigenvalue weighted by Gasteiger charge is -2.26. The Bertz CT molecular complexity index is 724. The third-order valence-electron chi connectivity index (χ3n) is 5.01. The van der Waals surface area contributed by atoms with Gasteiger partial charge in [-0.25, -0.2) is 18.7 Å². The fourth-order valence-electron chi connectivity index (χ4n) is 3.71. The lowest BCUT2D eigenvalue weighted by atomic mass is 9.97. The minimum absolute atomic E-state index is 0.0316. The largest absolute Gasteiger partial charge is 0.444 e. The summed E-state index contributed by atoms with van der Waals surface area (Å²) in [5.74, 6) is -3.70. The molecule has 1 aromatic heterocycles. The van der Waals surface area contributed by atoms with Gasteiger partial charge in [0, 0.05) is 24.9 Å². The molecule has 144 valence electrons. The van der Waals surface area contributed by atoms with Gasteiger partial charge in [0.15, 0.2) is 0 Å². The van der Waals surface area contributed by atoms with Crippen LogP contribution in [0.1, 0.15) is 32.6 Å². The van der Waals surface area contributed by atoms with Gasteiger partial charge in [-0.2, -0.15) is 5.10 Å². The number of alkyl halides is 2. The van der Waals surface area contributed by atoms with Crippen molar-refractivity contribution < 1.29 is 18.3 Å². The summed E-state index contributed by atoms with van der Waals surface area (Å²) in [7, 11) is 0. The number of halogens is 3. The highest BCUT2D eigenvalue weighted by atomic mass is 35.5. The first-order chi connectivity index (χ1) is 12.3. The predicted octanol–water partition coefficient (Wildman–Crippen LogP) is 2.55. The van der Waals surface area contributed by atoms with Gasteiger partial charge in [-0.05, 0) is 19.8 Å². The van der Waals surface area contributed by atoms with Crippen molar-refractivity contribution in [2.75, 3.05) is 18.0 Å². The van der Waals surface area contributed by atoms with Gasteiger partial charge in [0.25, 0.3) is 5.56 Å². The van der Waals surface area contributed by atoms with Crippen LogP contribution >= 0.6 is 11.6 Å². The topological polar surface area (TPSA) is 87.3 Å². The summed E-state index contributed by atoms with van der Waals surface area (Å²) >= 11 is 5.98. The van der Waals surface area contributed by atoms with E-state index in [2.05, 4.69) is 15.5 Å². The number of amides is 1. The highest BCUT2D eigenvalue weighted by Crippen LogP contribution is 2.37. The zero-order chi connectivity index (χ0) is 18.9. The van der Waals surface area contributed by atoms with E-state index >= 15 is 0 Å². The number of hydrogen-bond acceptors (Lipinski definition) is 5. The number of alkyl carbamates (subject to hydrolysis) is 1. The maximum absolute atomic E-state index is 13.6. The van der Waals surface area contributed by atoms with Gasteiger partial charge in [0.2, 0.25) is 5.92 Å². The Morgan fingerprint density at radius 2 is 2.23 bits per heavy atom. The summed E-state index contributed by atoms with van der Waals surface area (Å²) in [4.78, 5) is 25.4. The molecule has 1 saturated heterocycles. The molecule has 10 heteroatoms. The van der Waals surface area contributed by atoms with Crippen LogP contribution in [0.25, 0.3) is 0 Å². The third kappa shape index (κ3) is 4.08. The Labute approximate surface area is 154 Å². The Morgan fingerprint density at radius 3 is 2.96 bits per heavy atom. The number of carbonyl (C=O) groups excluding carboxylic acids is 1. The van der Waals surface area contributed by atoms with E-state index in [4.69, 9.17) is 16.3 Å². The Balaban J connectivity index is 1.55. The molecule has 2 aliphatic rings. The van der Waals surface area contributed by atoms with Crippen molar-refractivity contribution in [1.29, 1.82) is 0 Å². The number of H-pyrrole nitrogens is 1.